The first-order chi connectivity index (χ1) is 7.61. The van der Waals surface area contributed by atoms with Gasteiger partial charge in [-0.2, -0.15) is 0 Å². The molecule has 0 aliphatic carbocycles. The SMILES string of the molecule is O=C(CCCl)NC(=O)NCc1ccc(Cl)s1. The minimum atomic E-state index is -0.528. The molecule has 1 aromatic rings. The summed E-state index contributed by atoms with van der Waals surface area (Å²) in [6.45, 7) is 0.345. The van der Waals surface area contributed by atoms with Gasteiger partial charge in [-0.05, 0) is 12.1 Å². The lowest BCUT2D eigenvalue weighted by Crippen LogP contribution is -2.38. The molecular formula is C9H10Cl2N2O2S. The molecule has 7 heteroatoms. The standard InChI is InChI=1S/C9H10Cl2N2O2S/c10-4-3-8(14)13-9(15)12-5-6-1-2-7(11)16-6/h1-2H,3-5H2,(H2,12,13,14,15). The maximum atomic E-state index is 11.2. The van der Waals surface area contributed by atoms with Crippen LogP contribution in [0.5, 0.6) is 0 Å². The van der Waals surface area contributed by atoms with Crippen LogP contribution in [0.1, 0.15) is 11.3 Å². The fourth-order valence-corrected chi connectivity index (χ4v) is 2.13. The molecule has 0 saturated carbocycles. The van der Waals surface area contributed by atoms with Crippen molar-refractivity contribution < 1.29 is 9.59 Å². The van der Waals surface area contributed by atoms with E-state index in [9.17, 15) is 9.59 Å². The van der Waals surface area contributed by atoms with Crippen molar-refractivity contribution in [2.45, 2.75) is 13.0 Å². The van der Waals surface area contributed by atoms with Gasteiger partial charge in [0.05, 0.1) is 10.9 Å². The molecule has 0 aliphatic heterocycles. The lowest BCUT2D eigenvalue weighted by Gasteiger charge is -2.04. The van der Waals surface area contributed by atoms with Gasteiger partial charge < -0.3 is 5.32 Å². The van der Waals surface area contributed by atoms with Crippen LogP contribution in [-0.2, 0) is 11.3 Å². The normalized spacial score (nSPS) is 9.88. The molecular weight excluding hydrogens is 271 g/mol. The Morgan fingerprint density at radius 1 is 1.38 bits per heavy atom. The predicted octanol–water partition coefficient (Wildman–Crippen LogP) is 2.36. The lowest BCUT2D eigenvalue weighted by atomic mass is 10.4. The molecule has 0 aliphatic rings. The molecule has 2 N–H and O–H groups in total. The average Bonchev–Trinajstić information content (AvgIpc) is 2.61. The van der Waals surface area contributed by atoms with Crippen molar-refractivity contribution in [3.63, 3.8) is 0 Å². The Labute approximate surface area is 107 Å². The fraction of sp³-hybridized carbons (Fsp3) is 0.333. The summed E-state index contributed by atoms with van der Waals surface area (Å²) in [7, 11) is 0. The first-order valence-electron chi connectivity index (χ1n) is 4.49. The Morgan fingerprint density at radius 2 is 2.12 bits per heavy atom. The number of carbonyl (C=O) groups is 2. The number of amides is 3. The van der Waals surface area contributed by atoms with Crippen molar-refractivity contribution in [3.8, 4) is 0 Å². The minimum absolute atomic E-state index is 0.125. The van der Waals surface area contributed by atoms with Gasteiger partial charge in [-0.15, -0.1) is 22.9 Å². The molecule has 0 atom stereocenters. The molecule has 0 saturated heterocycles. The van der Waals surface area contributed by atoms with E-state index in [-0.39, 0.29) is 12.3 Å². The molecule has 1 aromatic heterocycles. The largest absolute Gasteiger partial charge is 0.333 e. The molecule has 0 bridgehead atoms. The van der Waals surface area contributed by atoms with E-state index in [1.165, 1.54) is 11.3 Å². The molecule has 4 nitrogen and oxygen atoms in total. The van der Waals surface area contributed by atoms with Crippen LogP contribution in [0.2, 0.25) is 4.34 Å². The maximum absolute atomic E-state index is 11.2. The van der Waals surface area contributed by atoms with Crippen molar-refractivity contribution in [1.29, 1.82) is 0 Å². The summed E-state index contributed by atoms with van der Waals surface area (Å²) in [5, 5.41) is 4.70. The fourth-order valence-electron chi connectivity index (χ4n) is 0.933. The van der Waals surface area contributed by atoms with Crippen LogP contribution in [0.25, 0.3) is 0 Å². The minimum Gasteiger partial charge on any atom is -0.333 e. The molecule has 0 unspecified atom stereocenters. The van der Waals surface area contributed by atoms with Crippen molar-refractivity contribution in [3.05, 3.63) is 21.3 Å². The van der Waals surface area contributed by atoms with Gasteiger partial charge in [-0.1, -0.05) is 11.6 Å². The van der Waals surface area contributed by atoms with Gasteiger partial charge in [0.15, 0.2) is 0 Å². The summed E-state index contributed by atoms with van der Waals surface area (Å²) in [5.74, 6) is -0.198. The molecule has 0 aromatic carbocycles. The van der Waals surface area contributed by atoms with E-state index in [1.807, 2.05) is 6.07 Å². The number of hydrogen-bond donors (Lipinski definition) is 2. The third-order valence-corrected chi connectivity index (χ3v) is 3.05. The Bertz CT molecular complexity index is 381. The molecule has 3 amide bonds. The molecule has 0 radical (unpaired) electrons. The van der Waals surface area contributed by atoms with Crippen molar-refractivity contribution in [2.75, 3.05) is 5.88 Å². The number of halogens is 2. The first-order valence-corrected chi connectivity index (χ1v) is 6.22. The van der Waals surface area contributed by atoms with Gasteiger partial charge in [0.1, 0.15) is 0 Å². The summed E-state index contributed by atoms with van der Waals surface area (Å²) in [4.78, 5) is 23.1. The molecule has 0 fully saturated rings. The summed E-state index contributed by atoms with van der Waals surface area (Å²) in [5.41, 5.74) is 0. The van der Waals surface area contributed by atoms with E-state index < -0.39 is 11.9 Å². The highest BCUT2D eigenvalue weighted by Crippen LogP contribution is 2.20. The van der Waals surface area contributed by atoms with E-state index >= 15 is 0 Å². The predicted molar refractivity (Wildman–Crippen MR) is 65.0 cm³/mol. The number of hydrogen-bond acceptors (Lipinski definition) is 3. The van der Waals surface area contributed by atoms with Crippen LogP contribution >= 0.6 is 34.5 Å². The number of rotatable bonds is 4. The maximum Gasteiger partial charge on any atom is 0.321 e. The summed E-state index contributed by atoms with van der Waals surface area (Å²) >= 11 is 12.4. The second-order valence-electron chi connectivity index (χ2n) is 2.88. The van der Waals surface area contributed by atoms with Gasteiger partial charge in [0, 0.05) is 17.2 Å². The Hall–Kier alpha value is -0.780. The molecule has 1 heterocycles. The van der Waals surface area contributed by atoms with Crippen LogP contribution in [0, 0.1) is 0 Å². The quantitative estimate of drug-likeness (QED) is 0.832. The number of carbonyl (C=O) groups excluding carboxylic acids is 2. The van der Waals surface area contributed by atoms with Crippen LogP contribution in [0.3, 0.4) is 0 Å². The number of imide groups is 1. The zero-order chi connectivity index (χ0) is 12.0. The third-order valence-electron chi connectivity index (χ3n) is 1.63. The van der Waals surface area contributed by atoms with E-state index in [4.69, 9.17) is 23.2 Å². The zero-order valence-corrected chi connectivity index (χ0v) is 10.6. The average molecular weight is 281 g/mol. The Morgan fingerprint density at radius 3 is 2.69 bits per heavy atom. The highest BCUT2D eigenvalue weighted by molar-refractivity contribution is 7.16. The summed E-state index contributed by atoms with van der Waals surface area (Å²) < 4.78 is 0.662. The number of nitrogens with one attached hydrogen (secondary N) is 2. The van der Waals surface area contributed by atoms with E-state index in [2.05, 4.69) is 10.6 Å². The second-order valence-corrected chi connectivity index (χ2v) is 5.05. The summed E-state index contributed by atoms with van der Waals surface area (Å²) in [6.07, 6.45) is 0.125. The lowest BCUT2D eigenvalue weighted by molar-refractivity contribution is -0.119. The topological polar surface area (TPSA) is 58.2 Å². The monoisotopic (exact) mass is 280 g/mol. The molecule has 88 valence electrons. The van der Waals surface area contributed by atoms with Crippen molar-refractivity contribution in [2.24, 2.45) is 0 Å². The summed E-state index contributed by atoms with van der Waals surface area (Å²) in [6, 6.07) is 3.04. The van der Waals surface area contributed by atoms with Gasteiger partial charge >= 0.3 is 6.03 Å². The van der Waals surface area contributed by atoms with Gasteiger partial charge in [0.25, 0.3) is 0 Å². The Balaban J connectivity index is 2.27. The van der Waals surface area contributed by atoms with Gasteiger partial charge in [-0.3, -0.25) is 10.1 Å². The number of alkyl halides is 1. The number of thiophene rings is 1. The van der Waals surface area contributed by atoms with E-state index in [1.54, 1.807) is 6.07 Å². The molecule has 16 heavy (non-hydrogen) atoms. The van der Waals surface area contributed by atoms with Crippen LogP contribution in [0.15, 0.2) is 12.1 Å². The van der Waals surface area contributed by atoms with Crippen LogP contribution in [0.4, 0.5) is 4.79 Å². The highest BCUT2D eigenvalue weighted by atomic mass is 35.5. The van der Waals surface area contributed by atoms with E-state index in [0.29, 0.717) is 10.9 Å². The van der Waals surface area contributed by atoms with Gasteiger partial charge in [0.2, 0.25) is 5.91 Å². The van der Waals surface area contributed by atoms with Crippen molar-refractivity contribution >= 4 is 46.5 Å². The van der Waals surface area contributed by atoms with Crippen LogP contribution in [-0.4, -0.2) is 17.8 Å². The van der Waals surface area contributed by atoms with Gasteiger partial charge in [-0.25, -0.2) is 4.79 Å². The third kappa shape index (κ3) is 4.83. The second kappa shape index (κ2) is 6.73. The molecule has 1 rings (SSSR count). The van der Waals surface area contributed by atoms with E-state index in [0.717, 1.165) is 4.88 Å². The number of urea groups is 1. The first kappa shape index (κ1) is 13.3. The Kier molecular flexibility index (Phi) is 5.59. The van der Waals surface area contributed by atoms with Crippen molar-refractivity contribution in [1.82, 2.24) is 10.6 Å². The molecule has 0 spiro atoms. The van der Waals surface area contributed by atoms with Crippen LogP contribution < -0.4 is 10.6 Å². The highest BCUT2D eigenvalue weighted by Gasteiger charge is 2.06. The smallest absolute Gasteiger partial charge is 0.321 e. The zero-order valence-electron chi connectivity index (χ0n) is 8.26.